The summed E-state index contributed by atoms with van der Waals surface area (Å²) in [5.41, 5.74) is 0.876. The SMILES string of the molecule is C[C@@H](C(=O)N[C@@H]1C(=O)N2[C@@H]1SC(C)(C)[C@@H]2C(=O)O)c1ccccc1. The quantitative estimate of drug-likeness (QED) is 0.804. The Balaban J connectivity index is 1.71. The lowest BCUT2D eigenvalue weighted by atomic mass is 9.95. The minimum absolute atomic E-state index is 0.226. The molecule has 2 aliphatic heterocycles. The minimum Gasteiger partial charge on any atom is -0.480 e. The fourth-order valence-corrected chi connectivity index (χ4v) is 4.94. The number of hydrogen-bond donors (Lipinski definition) is 2. The number of carboxylic acids is 1. The van der Waals surface area contributed by atoms with Crippen molar-refractivity contribution in [3.05, 3.63) is 35.9 Å². The number of thioether (sulfide) groups is 1. The summed E-state index contributed by atoms with van der Waals surface area (Å²) in [5.74, 6) is -1.93. The normalized spacial score (nSPS) is 28.7. The van der Waals surface area contributed by atoms with E-state index in [4.69, 9.17) is 0 Å². The van der Waals surface area contributed by atoms with E-state index in [1.165, 1.54) is 16.7 Å². The number of carbonyl (C=O) groups excluding carboxylic acids is 2. The van der Waals surface area contributed by atoms with Crippen LogP contribution in [0.2, 0.25) is 0 Å². The maximum Gasteiger partial charge on any atom is 0.327 e. The Morgan fingerprint density at radius 3 is 2.50 bits per heavy atom. The first-order valence-corrected chi connectivity index (χ1v) is 8.70. The smallest absolute Gasteiger partial charge is 0.327 e. The molecule has 2 saturated heterocycles. The zero-order valence-electron chi connectivity index (χ0n) is 13.7. The van der Waals surface area contributed by atoms with Gasteiger partial charge in [-0.25, -0.2) is 4.79 Å². The number of carbonyl (C=O) groups is 3. The van der Waals surface area contributed by atoms with Crippen molar-refractivity contribution >= 4 is 29.5 Å². The number of nitrogens with one attached hydrogen (secondary N) is 1. The number of rotatable bonds is 4. The molecule has 24 heavy (non-hydrogen) atoms. The Hall–Kier alpha value is -2.02. The molecule has 0 saturated carbocycles. The molecule has 1 aromatic carbocycles. The maximum absolute atomic E-state index is 12.5. The van der Waals surface area contributed by atoms with E-state index in [2.05, 4.69) is 5.32 Å². The lowest BCUT2D eigenvalue weighted by molar-refractivity contribution is -0.161. The Morgan fingerprint density at radius 1 is 1.29 bits per heavy atom. The first kappa shape index (κ1) is 16.8. The molecule has 4 atom stereocenters. The van der Waals surface area contributed by atoms with E-state index in [9.17, 15) is 19.5 Å². The Labute approximate surface area is 144 Å². The second-order valence-electron chi connectivity index (χ2n) is 6.72. The van der Waals surface area contributed by atoms with Crippen molar-refractivity contribution in [2.45, 2.75) is 48.9 Å². The molecule has 0 radical (unpaired) electrons. The standard InChI is InChI=1S/C17H20N2O4S/c1-9(10-7-5-4-6-8-10)13(20)18-11-14(21)19-12(16(22)23)17(2,3)24-15(11)19/h4-9,11-12,15H,1-3H3,(H,18,20)(H,22,23)/t9-,11-,12+,15-/m1/s1. The molecule has 0 aromatic heterocycles. The molecule has 3 rings (SSSR count). The number of benzene rings is 1. The van der Waals surface area contributed by atoms with E-state index >= 15 is 0 Å². The van der Waals surface area contributed by atoms with E-state index in [1.807, 2.05) is 44.2 Å². The average Bonchev–Trinajstić information content (AvgIpc) is 2.80. The van der Waals surface area contributed by atoms with Crippen LogP contribution in [0.3, 0.4) is 0 Å². The van der Waals surface area contributed by atoms with Gasteiger partial charge >= 0.3 is 5.97 Å². The van der Waals surface area contributed by atoms with Crippen LogP contribution in [0.15, 0.2) is 30.3 Å². The predicted octanol–water partition coefficient (Wildman–Crippen LogP) is 1.42. The van der Waals surface area contributed by atoms with Gasteiger partial charge < -0.3 is 15.3 Å². The van der Waals surface area contributed by atoms with Crippen LogP contribution in [0, 0.1) is 0 Å². The second kappa shape index (κ2) is 5.81. The van der Waals surface area contributed by atoms with Gasteiger partial charge in [0.25, 0.3) is 0 Å². The van der Waals surface area contributed by atoms with Crippen molar-refractivity contribution in [3.8, 4) is 0 Å². The highest BCUT2D eigenvalue weighted by atomic mass is 32.2. The molecule has 0 unspecified atom stereocenters. The van der Waals surface area contributed by atoms with E-state index < -0.39 is 22.8 Å². The molecule has 2 N–H and O–H groups in total. The number of carboxylic acid groups (broad SMARTS) is 1. The molecule has 2 heterocycles. The average molecular weight is 348 g/mol. The predicted molar refractivity (Wildman–Crippen MR) is 90.5 cm³/mol. The largest absolute Gasteiger partial charge is 0.480 e. The number of β-lactam (4-membered cyclic amide) rings is 1. The Kier molecular flexibility index (Phi) is 4.07. The zero-order chi connectivity index (χ0) is 17.6. The van der Waals surface area contributed by atoms with Gasteiger partial charge in [0.1, 0.15) is 17.5 Å². The van der Waals surface area contributed by atoms with E-state index in [-0.39, 0.29) is 23.1 Å². The third-order valence-electron chi connectivity index (χ3n) is 4.67. The molecule has 2 amide bonds. The molecule has 0 bridgehead atoms. The lowest BCUT2D eigenvalue weighted by Crippen LogP contribution is -2.70. The van der Waals surface area contributed by atoms with Crippen LogP contribution in [0.1, 0.15) is 32.3 Å². The molecule has 1 aromatic rings. The van der Waals surface area contributed by atoms with Crippen molar-refractivity contribution in [2.24, 2.45) is 0 Å². The molecular formula is C17H20N2O4S. The van der Waals surface area contributed by atoms with Crippen LogP contribution >= 0.6 is 11.8 Å². The fraction of sp³-hybridized carbons (Fsp3) is 0.471. The van der Waals surface area contributed by atoms with Gasteiger partial charge in [-0.3, -0.25) is 9.59 Å². The first-order chi connectivity index (χ1) is 11.2. The van der Waals surface area contributed by atoms with Crippen molar-refractivity contribution in [2.75, 3.05) is 0 Å². The molecule has 2 fully saturated rings. The summed E-state index contributed by atoms with van der Waals surface area (Å²) in [5, 5.41) is 11.9. The Morgan fingerprint density at radius 2 is 1.92 bits per heavy atom. The number of hydrogen-bond acceptors (Lipinski definition) is 4. The zero-order valence-corrected chi connectivity index (χ0v) is 14.5. The van der Waals surface area contributed by atoms with Gasteiger partial charge in [0.15, 0.2) is 0 Å². The van der Waals surface area contributed by atoms with Crippen LogP contribution in [-0.4, -0.2) is 50.0 Å². The molecule has 128 valence electrons. The van der Waals surface area contributed by atoms with Gasteiger partial charge in [0, 0.05) is 4.75 Å². The molecular weight excluding hydrogens is 328 g/mol. The molecule has 6 nitrogen and oxygen atoms in total. The summed E-state index contributed by atoms with van der Waals surface area (Å²) in [7, 11) is 0. The van der Waals surface area contributed by atoms with E-state index in [0.29, 0.717) is 0 Å². The summed E-state index contributed by atoms with van der Waals surface area (Å²) in [4.78, 5) is 37.7. The van der Waals surface area contributed by atoms with Gasteiger partial charge in [-0.05, 0) is 26.3 Å². The van der Waals surface area contributed by atoms with E-state index in [0.717, 1.165) is 5.56 Å². The number of fused-ring (bicyclic) bond motifs is 1. The van der Waals surface area contributed by atoms with Gasteiger partial charge in [0.2, 0.25) is 11.8 Å². The van der Waals surface area contributed by atoms with Crippen molar-refractivity contribution in [1.82, 2.24) is 10.2 Å². The highest BCUT2D eigenvalue weighted by Crippen LogP contribution is 2.50. The summed E-state index contributed by atoms with van der Waals surface area (Å²) in [6.07, 6.45) is 0. The van der Waals surface area contributed by atoms with Crippen LogP contribution in [0.4, 0.5) is 0 Å². The van der Waals surface area contributed by atoms with Crippen molar-refractivity contribution in [3.63, 3.8) is 0 Å². The molecule has 2 aliphatic rings. The number of amides is 2. The summed E-state index contributed by atoms with van der Waals surface area (Å²) in [6, 6.07) is 7.83. The summed E-state index contributed by atoms with van der Waals surface area (Å²) >= 11 is 1.42. The van der Waals surface area contributed by atoms with Gasteiger partial charge in [-0.2, -0.15) is 0 Å². The van der Waals surface area contributed by atoms with Gasteiger partial charge in [-0.15, -0.1) is 11.8 Å². The number of nitrogens with zero attached hydrogens (tertiary/aromatic N) is 1. The topological polar surface area (TPSA) is 86.7 Å². The van der Waals surface area contributed by atoms with Crippen LogP contribution in [0.5, 0.6) is 0 Å². The van der Waals surface area contributed by atoms with Crippen LogP contribution in [-0.2, 0) is 14.4 Å². The monoisotopic (exact) mass is 348 g/mol. The minimum atomic E-state index is -1.01. The fourth-order valence-electron chi connectivity index (χ4n) is 3.32. The highest BCUT2D eigenvalue weighted by molar-refractivity contribution is 8.01. The molecule has 7 heteroatoms. The summed E-state index contributed by atoms with van der Waals surface area (Å²) < 4.78 is -0.587. The van der Waals surface area contributed by atoms with E-state index in [1.54, 1.807) is 6.92 Å². The maximum atomic E-state index is 12.5. The summed E-state index contributed by atoms with van der Waals surface area (Å²) in [6.45, 7) is 5.42. The van der Waals surface area contributed by atoms with Crippen molar-refractivity contribution < 1.29 is 19.5 Å². The second-order valence-corrected chi connectivity index (χ2v) is 8.49. The lowest BCUT2D eigenvalue weighted by Gasteiger charge is -2.43. The number of aliphatic carboxylic acids is 1. The molecule has 0 spiro atoms. The molecule has 0 aliphatic carbocycles. The first-order valence-electron chi connectivity index (χ1n) is 7.82. The van der Waals surface area contributed by atoms with Gasteiger partial charge in [0.05, 0.1) is 5.92 Å². The van der Waals surface area contributed by atoms with Gasteiger partial charge in [-0.1, -0.05) is 30.3 Å². The third kappa shape index (κ3) is 2.56. The Bertz CT molecular complexity index is 691. The van der Waals surface area contributed by atoms with Crippen LogP contribution < -0.4 is 5.32 Å². The van der Waals surface area contributed by atoms with Crippen molar-refractivity contribution in [1.29, 1.82) is 0 Å². The third-order valence-corrected chi connectivity index (χ3v) is 6.24. The highest BCUT2D eigenvalue weighted by Gasteiger charge is 2.64. The van der Waals surface area contributed by atoms with Crippen LogP contribution in [0.25, 0.3) is 0 Å².